The van der Waals surface area contributed by atoms with Gasteiger partial charge >= 0.3 is 0 Å². The first-order valence-electron chi connectivity index (χ1n) is 4.26. The normalized spacial score (nSPS) is 12.4. The molecule has 5 nitrogen and oxygen atoms in total. The lowest BCUT2D eigenvalue weighted by molar-refractivity contribution is -0.126. The van der Waals surface area contributed by atoms with Gasteiger partial charge in [-0.2, -0.15) is 0 Å². The van der Waals surface area contributed by atoms with Crippen LogP contribution in [0.15, 0.2) is 0 Å². The molecule has 0 heterocycles. The lowest BCUT2D eigenvalue weighted by Crippen LogP contribution is -2.44. The smallest absolute Gasteiger partial charge is 0.239 e. The molecule has 0 spiro atoms. The first-order chi connectivity index (χ1) is 5.93. The molecule has 1 atom stereocenters. The molecule has 2 amide bonds. The maximum absolute atomic E-state index is 11.0. The number of rotatable bonds is 4. The van der Waals surface area contributed by atoms with E-state index in [0.29, 0.717) is 0 Å². The molecule has 4 N–H and O–H groups in total. The van der Waals surface area contributed by atoms with Crippen molar-refractivity contribution >= 4 is 11.8 Å². The van der Waals surface area contributed by atoms with Crippen LogP contribution in [0, 0.1) is 0 Å². The first kappa shape index (κ1) is 11.9. The zero-order chi connectivity index (χ0) is 10.4. The van der Waals surface area contributed by atoms with Crippen LogP contribution in [0.1, 0.15) is 20.8 Å². The van der Waals surface area contributed by atoms with Crippen LogP contribution in [0.4, 0.5) is 0 Å². The molecule has 0 aliphatic rings. The maximum atomic E-state index is 11.0. The average molecular weight is 187 g/mol. The molecule has 0 aliphatic heterocycles. The fourth-order valence-corrected chi connectivity index (χ4v) is 0.701. The van der Waals surface area contributed by atoms with E-state index in [-0.39, 0.29) is 24.4 Å². The standard InChI is InChI=1S/C8H17N3O2/c1-5(2)11-7(12)4-10-8(13)6(3)9/h5-6H,4,9H2,1-3H3,(H,10,13)(H,11,12). The van der Waals surface area contributed by atoms with E-state index in [2.05, 4.69) is 10.6 Å². The summed E-state index contributed by atoms with van der Waals surface area (Å²) in [7, 11) is 0. The molecule has 0 saturated heterocycles. The van der Waals surface area contributed by atoms with Crippen molar-refractivity contribution in [1.82, 2.24) is 10.6 Å². The number of carbonyl (C=O) groups is 2. The van der Waals surface area contributed by atoms with E-state index >= 15 is 0 Å². The molecule has 0 rings (SSSR count). The summed E-state index contributed by atoms with van der Waals surface area (Å²) in [5.41, 5.74) is 5.28. The average Bonchev–Trinajstić information content (AvgIpc) is 1.98. The highest BCUT2D eigenvalue weighted by Gasteiger charge is 2.09. The van der Waals surface area contributed by atoms with Crippen molar-refractivity contribution < 1.29 is 9.59 Å². The van der Waals surface area contributed by atoms with E-state index < -0.39 is 6.04 Å². The van der Waals surface area contributed by atoms with E-state index in [1.807, 2.05) is 13.8 Å². The Balaban J connectivity index is 3.64. The summed E-state index contributed by atoms with van der Waals surface area (Å²) in [6, 6.07) is -0.494. The molecule has 0 saturated carbocycles. The molecule has 5 heteroatoms. The summed E-state index contributed by atoms with van der Waals surface area (Å²) in [5.74, 6) is -0.525. The van der Waals surface area contributed by atoms with Gasteiger partial charge in [0, 0.05) is 6.04 Å². The van der Waals surface area contributed by atoms with E-state index in [9.17, 15) is 9.59 Å². The van der Waals surface area contributed by atoms with Crippen molar-refractivity contribution in [3.63, 3.8) is 0 Å². The van der Waals surface area contributed by atoms with E-state index in [1.54, 1.807) is 6.92 Å². The number of carbonyl (C=O) groups excluding carboxylic acids is 2. The van der Waals surface area contributed by atoms with Gasteiger partial charge in [0.15, 0.2) is 0 Å². The summed E-state index contributed by atoms with van der Waals surface area (Å²) in [4.78, 5) is 21.9. The summed E-state index contributed by atoms with van der Waals surface area (Å²) < 4.78 is 0. The van der Waals surface area contributed by atoms with Crippen molar-refractivity contribution in [3.8, 4) is 0 Å². The SMILES string of the molecule is CC(C)NC(=O)CNC(=O)C(C)N. The fraction of sp³-hybridized carbons (Fsp3) is 0.750. The monoisotopic (exact) mass is 187 g/mol. The number of hydrogen-bond donors (Lipinski definition) is 3. The second-order valence-corrected chi connectivity index (χ2v) is 3.23. The van der Waals surface area contributed by atoms with Crippen LogP contribution in [0.3, 0.4) is 0 Å². The molecule has 0 aromatic rings. The summed E-state index contributed by atoms with van der Waals surface area (Å²) in [5, 5.41) is 5.05. The lowest BCUT2D eigenvalue weighted by atomic mass is 10.3. The van der Waals surface area contributed by atoms with Gasteiger partial charge in [-0.15, -0.1) is 0 Å². The largest absolute Gasteiger partial charge is 0.352 e. The molecule has 76 valence electrons. The third-order valence-electron chi connectivity index (χ3n) is 1.29. The molecule has 13 heavy (non-hydrogen) atoms. The lowest BCUT2D eigenvalue weighted by Gasteiger charge is -2.10. The predicted octanol–water partition coefficient (Wildman–Crippen LogP) is -1.03. The molecule has 0 bridgehead atoms. The van der Waals surface area contributed by atoms with Gasteiger partial charge in [-0.1, -0.05) is 0 Å². The van der Waals surface area contributed by atoms with Crippen molar-refractivity contribution in [3.05, 3.63) is 0 Å². The number of amides is 2. The van der Waals surface area contributed by atoms with Crippen LogP contribution in [0.5, 0.6) is 0 Å². The minimum Gasteiger partial charge on any atom is -0.352 e. The molecule has 0 aliphatic carbocycles. The predicted molar refractivity (Wildman–Crippen MR) is 49.9 cm³/mol. The van der Waals surface area contributed by atoms with E-state index in [0.717, 1.165) is 0 Å². The summed E-state index contributed by atoms with van der Waals surface area (Å²) in [6.07, 6.45) is 0. The van der Waals surface area contributed by atoms with Crippen LogP contribution in [-0.4, -0.2) is 30.4 Å². The highest BCUT2D eigenvalue weighted by atomic mass is 16.2. The highest BCUT2D eigenvalue weighted by molar-refractivity contribution is 5.87. The first-order valence-corrected chi connectivity index (χ1v) is 4.26. The van der Waals surface area contributed by atoms with Crippen LogP contribution >= 0.6 is 0 Å². The maximum Gasteiger partial charge on any atom is 0.239 e. The quantitative estimate of drug-likeness (QED) is 0.526. The van der Waals surface area contributed by atoms with Gasteiger partial charge < -0.3 is 16.4 Å². The molecule has 0 fully saturated rings. The van der Waals surface area contributed by atoms with E-state index in [1.165, 1.54) is 0 Å². The molecule has 0 aromatic heterocycles. The third kappa shape index (κ3) is 6.10. The van der Waals surface area contributed by atoms with Crippen LogP contribution in [-0.2, 0) is 9.59 Å². The molecular weight excluding hydrogens is 170 g/mol. The van der Waals surface area contributed by atoms with Crippen molar-refractivity contribution in [2.75, 3.05) is 6.54 Å². The van der Waals surface area contributed by atoms with Gasteiger partial charge in [-0.3, -0.25) is 9.59 Å². The Kier molecular flexibility index (Phi) is 5.06. The van der Waals surface area contributed by atoms with Crippen molar-refractivity contribution in [1.29, 1.82) is 0 Å². The second-order valence-electron chi connectivity index (χ2n) is 3.23. The topological polar surface area (TPSA) is 84.2 Å². The van der Waals surface area contributed by atoms with Gasteiger partial charge in [-0.05, 0) is 20.8 Å². The number of nitrogens with two attached hydrogens (primary N) is 1. The zero-order valence-corrected chi connectivity index (χ0v) is 8.26. The van der Waals surface area contributed by atoms with Crippen LogP contribution in [0.2, 0.25) is 0 Å². The molecule has 0 radical (unpaired) electrons. The second kappa shape index (κ2) is 5.53. The molecule has 1 unspecified atom stereocenters. The van der Waals surface area contributed by atoms with Gasteiger partial charge in [0.25, 0.3) is 0 Å². The van der Waals surface area contributed by atoms with Gasteiger partial charge in [0.2, 0.25) is 11.8 Å². The minimum absolute atomic E-state index is 0.0153. The Bertz CT molecular complexity index is 190. The van der Waals surface area contributed by atoms with Gasteiger partial charge in [0.1, 0.15) is 0 Å². The highest BCUT2D eigenvalue weighted by Crippen LogP contribution is 1.77. The van der Waals surface area contributed by atoms with Gasteiger partial charge in [-0.25, -0.2) is 0 Å². The fourth-order valence-electron chi connectivity index (χ4n) is 0.701. The number of hydrogen-bond acceptors (Lipinski definition) is 3. The Morgan fingerprint density at radius 3 is 2.23 bits per heavy atom. The third-order valence-corrected chi connectivity index (χ3v) is 1.29. The summed E-state index contributed by atoms with van der Waals surface area (Å²) >= 11 is 0. The van der Waals surface area contributed by atoms with Crippen LogP contribution in [0.25, 0.3) is 0 Å². The summed E-state index contributed by atoms with van der Waals surface area (Å²) in [6.45, 7) is 5.25. The van der Waals surface area contributed by atoms with Gasteiger partial charge in [0.05, 0.1) is 12.6 Å². The van der Waals surface area contributed by atoms with E-state index in [4.69, 9.17) is 5.73 Å². The molecule has 0 aromatic carbocycles. The molecular formula is C8H17N3O2. The Hall–Kier alpha value is -1.10. The van der Waals surface area contributed by atoms with Crippen molar-refractivity contribution in [2.24, 2.45) is 5.73 Å². The Labute approximate surface area is 78.1 Å². The minimum atomic E-state index is -0.577. The van der Waals surface area contributed by atoms with Crippen molar-refractivity contribution in [2.45, 2.75) is 32.9 Å². The Morgan fingerprint density at radius 1 is 1.31 bits per heavy atom. The number of nitrogens with one attached hydrogen (secondary N) is 2. The zero-order valence-electron chi connectivity index (χ0n) is 8.26. The van der Waals surface area contributed by atoms with Crippen LogP contribution < -0.4 is 16.4 Å². The Morgan fingerprint density at radius 2 is 1.85 bits per heavy atom.